The average Bonchev–Trinajstić information content (AvgIpc) is 3.93. The van der Waals surface area contributed by atoms with Crippen LogP contribution in [0.5, 0.6) is 0 Å². The van der Waals surface area contributed by atoms with E-state index in [4.69, 9.17) is 11.5 Å². The zero-order valence-corrected chi connectivity index (χ0v) is 40.1. The van der Waals surface area contributed by atoms with Gasteiger partial charge in [0.15, 0.2) is 23.1 Å². The van der Waals surface area contributed by atoms with Crippen molar-refractivity contribution in [3.63, 3.8) is 0 Å². The Morgan fingerprint density at radius 3 is 1.97 bits per heavy atom. The highest BCUT2D eigenvalue weighted by molar-refractivity contribution is 5.97. The number of nitrogens with zero attached hydrogens (tertiary/aromatic N) is 1. The molecule has 0 saturated carbocycles. The number of carbonyl (C=O) groups excluding carboxylic acids is 10. The Balaban J connectivity index is 1.98. The summed E-state index contributed by atoms with van der Waals surface area (Å²) in [6.07, 6.45) is 0.597. The number of rotatable bonds is 34. The summed E-state index contributed by atoms with van der Waals surface area (Å²) in [6.45, 7) is 9.42. The van der Waals surface area contributed by atoms with E-state index in [-0.39, 0.29) is 107 Å². The van der Waals surface area contributed by atoms with Gasteiger partial charge in [-0.25, -0.2) is 0 Å². The van der Waals surface area contributed by atoms with E-state index in [0.29, 0.717) is 45.2 Å². The minimum Gasteiger partial charge on any atom is -0.481 e. The molecule has 2 aliphatic rings. The van der Waals surface area contributed by atoms with Crippen LogP contribution in [0, 0.1) is 29.6 Å². The summed E-state index contributed by atoms with van der Waals surface area (Å²) in [5.74, 6) is -8.76. The minimum absolute atomic E-state index is 0.0298. The van der Waals surface area contributed by atoms with Gasteiger partial charge in [0.1, 0.15) is 5.78 Å². The first-order chi connectivity index (χ1) is 31.5. The Bertz CT molecular complexity index is 1750. The van der Waals surface area contributed by atoms with E-state index in [9.17, 15) is 63.0 Å². The molecule has 0 aromatic heterocycles. The monoisotopic (exact) mass is 948 g/mol. The number of primary amides is 1. The molecule has 0 aliphatic carbocycles. The number of Topliss-reactive ketones (excluding diaryl/α,β-unsaturated/α-hetero) is 5. The molecule has 0 radical (unpaired) electrons. The third-order valence-electron chi connectivity index (χ3n) is 12.3. The first-order valence-electron chi connectivity index (χ1n) is 23.9. The number of aliphatic carboxylic acids is 1. The van der Waals surface area contributed by atoms with Crippen LogP contribution in [0.2, 0.25) is 0 Å². The normalized spacial score (nSPS) is 19.2. The number of likely N-dealkylation sites (tertiary alicyclic amines) is 1. The number of hydrogen-bond acceptors (Lipinski definition) is 14. The number of nitrogens with two attached hydrogens (primary N) is 2. The summed E-state index contributed by atoms with van der Waals surface area (Å²) in [7, 11) is 0. The predicted octanol–water partition coefficient (Wildman–Crippen LogP) is 0.802. The lowest BCUT2D eigenvalue weighted by Gasteiger charge is -2.25. The van der Waals surface area contributed by atoms with Gasteiger partial charge in [-0.15, -0.1) is 0 Å². The number of ketones is 5. The van der Waals surface area contributed by atoms with Crippen LogP contribution in [-0.2, 0) is 52.7 Å². The Labute approximate surface area is 394 Å². The molecule has 20 heteroatoms. The fourth-order valence-corrected chi connectivity index (χ4v) is 8.64. The van der Waals surface area contributed by atoms with Crippen molar-refractivity contribution in [1.29, 1.82) is 0 Å². The minimum atomic E-state index is -1.18. The molecular weight excluding hydrogens is 871 g/mol. The maximum absolute atomic E-state index is 13.6. The second-order valence-corrected chi connectivity index (χ2v) is 19.2. The van der Waals surface area contributed by atoms with Gasteiger partial charge in [-0.1, -0.05) is 34.1 Å². The quantitative estimate of drug-likeness (QED) is 0.0414. The molecular formula is C47H77N7O13. The van der Waals surface area contributed by atoms with Gasteiger partial charge in [-0.3, -0.25) is 52.7 Å². The van der Waals surface area contributed by atoms with Crippen molar-refractivity contribution in [2.45, 2.75) is 174 Å². The number of carboxylic acids is 1. The van der Waals surface area contributed by atoms with Gasteiger partial charge < -0.3 is 47.8 Å². The number of nitrogens with one attached hydrogen (secondary N) is 4. The largest absolute Gasteiger partial charge is 0.481 e. The predicted molar refractivity (Wildman–Crippen MR) is 245 cm³/mol. The molecule has 8 atom stereocenters. The highest BCUT2D eigenvalue weighted by atomic mass is 16.4. The van der Waals surface area contributed by atoms with Crippen molar-refractivity contribution in [3.05, 3.63) is 0 Å². The van der Waals surface area contributed by atoms with Crippen molar-refractivity contribution in [1.82, 2.24) is 26.2 Å². The number of aliphatic hydroxyl groups is 1. The molecule has 2 heterocycles. The summed E-state index contributed by atoms with van der Waals surface area (Å²) >= 11 is 0. The van der Waals surface area contributed by atoms with Crippen LogP contribution in [0.1, 0.15) is 144 Å². The van der Waals surface area contributed by atoms with E-state index in [1.54, 1.807) is 0 Å². The van der Waals surface area contributed by atoms with Crippen LogP contribution in [-0.4, -0.2) is 136 Å². The van der Waals surface area contributed by atoms with Crippen molar-refractivity contribution >= 4 is 64.4 Å². The molecule has 10 N–H and O–H groups in total. The van der Waals surface area contributed by atoms with E-state index in [1.807, 2.05) is 27.7 Å². The van der Waals surface area contributed by atoms with Crippen LogP contribution in [0.3, 0.4) is 0 Å². The van der Waals surface area contributed by atoms with E-state index >= 15 is 0 Å². The number of unbranched alkanes of at least 4 members (excludes halogenated alkanes) is 1. The van der Waals surface area contributed by atoms with E-state index in [0.717, 1.165) is 0 Å². The summed E-state index contributed by atoms with van der Waals surface area (Å²) in [4.78, 5) is 144. The maximum atomic E-state index is 13.6. The fourth-order valence-electron chi connectivity index (χ4n) is 8.64. The van der Waals surface area contributed by atoms with Gasteiger partial charge in [-0.05, 0) is 76.7 Å². The van der Waals surface area contributed by atoms with Crippen molar-refractivity contribution in [2.75, 3.05) is 26.2 Å². The van der Waals surface area contributed by atoms with Gasteiger partial charge in [0.05, 0.1) is 42.7 Å². The fraction of sp³-hybridized carbons (Fsp3) is 0.766. The van der Waals surface area contributed by atoms with E-state index < -0.39 is 107 Å². The molecule has 0 unspecified atom stereocenters. The van der Waals surface area contributed by atoms with Crippen molar-refractivity contribution in [3.8, 4) is 0 Å². The Morgan fingerprint density at radius 1 is 0.731 bits per heavy atom. The third kappa shape index (κ3) is 21.7. The summed E-state index contributed by atoms with van der Waals surface area (Å²) in [5, 5.41) is 30.0. The molecule has 5 amide bonds. The number of amides is 5. The summed E-state index contributed by atoms with van der Waals surface area (Å²) in [5.41, 5.74) is 10.8. The Kier molecular flexibility index (Phi) is 25.8. The first kappa shape index (κ1) is 58.2. The molecule has 0 spiro atoms. The van der Waals surface area contributed by atoms with E-state index in [2.05, 4.69) is 21.3 Å². The van der Waals surface area contributed by atoms with E-state index in [1.165, 1.54) is 11.8 Å². The molecule has 2 aliphatic heterocycles. The second-order valence-electron chi connectivity index (χ2n) is 19.2. The third-order valence-corrected chi connectivity index (χ3v) is 12.3. The maximum Gasteiger partial charge on any atom is 0.306 e. The van der Waals surface area contributed by atoms with Crippen molar-refractivity contribution < 1.29 is 63.0 Å². The first-order valence-corrected chi connectivity index (χ1v) is 23.9. The van der Waals surface area contributed by atoms with Gasteiger partial charge in [0.2, 0.25) is 29.5 Å². The molecule has 0 aromatic carbocycles. The van der Waals surface area contributed by atoms with Crippen LogP contribution >= 0.6 is 0 Å². The molecule has 2 fully saturated rings. The average molecular weight is 948 g/mol. The topological polar surface area (TPSA) is 332 Å². The number of carbonyl (C=O) groups is 11. The standard InChI is InChI=1S/C47H77N7O13/c1-27(2)19-31(46(65)52-29(5)38(57)13-16-44(63)54-18-8-10-37(54)41(60)22-30(47(66)67)9-6-7-17-48)21-33(55)26-51-45(64)32(20-28(3)4)23-40(59)35(11-14-42(49)61)53-43(62)15-12-39(58)36-24-34(56)25-50-36/h27-32,34-37,50,56H,6-26,48H2,1-5H3,(H2,49,61)(H,51,64)(H,52,65)(H,53,62)(H,66,67)/t29-,30+,31+,32+,34+,35-,36-,37-/m0/s1. The number of β-amino-alcohol motifs (C(OH)–C–C–N with tert-alkyl or cyclic N) is 1. The zero-order chi connectivity index (χ0) is 50.4. The molecule has 2 rings (SSSR count). The highest BCUT2D eigenvalue weighted by Gasteiger charge is 2.37. The number of carboxylic acid groups (broad SMARTS) is 1. The van der Waals surface area contributed by atoms with Gasteiger partial charge >= 0.3 is 5.97 Å². The van der Waals surface area contributed by atoms with Gasteiger partial charge in [0.25, 0.3) is 0 Å². The van der Waals surface area contributed by atoms with Gasteiger partial charge in [-0.2, -0.15) is 0 Å². The van der Waals surface area contributed by atoms with Gasteiger partial charge in [0, 0.05) is 76.3 Å². The van der Waals surface area contributed by atoms with Crippen LogP contribution < -0.4 is 32.7 Å². The van der Waals surface area contributed by atoms with Crippen LogP contribution in [0.15, 0.2) is 0 Å². The lowest BCUT2D eigenvalue weighted by molar-refractivity contribution is -0.145. The smallest absolute Gasteiger partial charge is 0.306 e. The molecule has 0 bridgehead atoms. The number of hydrogen-bond donors (Lipinski definition) is 8. The summed E-state index contributed by atoms with van der Waals surface area (Å²) in [6, 6.07) is -3.53. The molecule has 2 saturated heterocycles. The van der Waals surface area contributed by atoms with Crippen LogP contribution in [0.25, 0.3) is 0 Å². The SMILES string of the molecule is CC(C)C[C@H](CC(=O)[C@H](CCC(N)=O)NC(=O)CCC(=O)[C@@H]1C[C@@H](O)CN1)C(=O)NCC(=O)C[C@@H](CC(C)C)C(=O)N[C@@H](C)C(=O)CCC(=O)N1CCC[C@H]1C(=O)C[C@@H](CCCCN)C(=O)O. The Morgan fingerprint density at radius 2 is 1.39 bits per heavy atom. The summed E-state index contributed by atoms with van der Waals surface area (Å²) < 4.78 is 0. The molecule has 0 aromatic rings. The van der Waals surface area contributed by atoms with Crippen LogP contribution in [0.4, 0.5) is 0 Å². The Hall–Kier alpha value is -4.95. The molecule has 67 heavy (non-hydrogen) atoms. The lowest BCUT2D eigenvalue weighted by atomic mass is 9.88. The second kappa shape index (κ2) is 29.7. The van der Waals surface area contributed by atoms with Crippen molar-refractivity contribution in [2.24, 2.45) is 41.1 Å². The molecule has 378 valence electrons. The number of aliphatic hydroxyl groups excluding tert-OH is 1. The highest BCUT2D eigenvalue weighted by Crippen LogP contribution is 2.25. The lowest BCUT2D eigenvalue weighted by Crippen LogP contribution is -2.45. The zero-order valence-electron chi connectivity index (χ0n) is 40.1. The molecule has 20 nitrogen and oxygen atoms in total.